The Labute approximate surface area is 122 Å². The van der Waals surface area contributed by atoms with E-state index in [0.29, 0.717) is 30.1 Å². The topological polar surface area (TPSA) is 90.0 Å². The summed E-state index contributed by atoms with van der Waals surface area (Å²) in [6.45, 7) is 0.482. The molecular weight excluding hydrogens is 270 g/mol. The molecule has 0 fully saturated rings. The van der Waals surface area contributed by atoms with Gasteiger partial charge in [-0.3, -0.25) is 4.98 Å². The maximum atomic E-state index is 8.67. The monoisotopic (exact) mass is 287 g/mol. The van der Waals surface area contributed by atoms with E-state index >= 15 is 0 Å². The van der Waals surface area contributed by atoms with Gasteiger partial charge in [0, 0.05) is 23.9 Å². The van der Waals surface area contributed by atoms with Crippen molar-refractivity contribution in [2.75, 3.05) is 13.7 Å². The van der Waals surface area contributed by atoms with E-state index in [9.17, 15) is 0 Å². The number of hydrogen-bond donors (Lipinski definition) is 2. The van der Waals surface area contributed by atoms with E-state index < -0.39 is 0 Å². The molecule has 0 spiro atoms. The molecule has 0 aliphatic carbocycles. The predicted octanol–water partition coefficient (Wildman–Crippen LogP) is 1.81. The molecule has 1 aromatic heterocycles. The number of oxime groups is 1. The summed E-state index contributed by atoms with van der Waals surface area (Å²) in [5, 5.41) is 11.6. The summed E-state index contributed by atoms with van der Waals surface area (Å²) < 4.78 is 10.9. The third-order valence-electron chi connectivity index (χ3n) is 2.91. The van der Waals surface area contributed by atoms with E-state index in [4.69, 9.17) is 20.4 Å². The average Bonchev–Trinajstić information content (AvgIpc) is 2.55. The van der Waals surface area contributed by atoms with Gasteiger partial charge in [-0.1, -0.05) is 11.2 Å². The first-order valence-electron chi connectivity index (χ1n) is 6.43. The Bertz CT molecular complexity index is 615. The Kier molecular flexibility index (Phi) is 4.98. The molecular formula is C15H17N3O3. The quantitative estimate of drug-likeness (QED) is 0.366. The van der Waals surface area contributed by atoms with Gasteiger partial charge in [0.1, 0.15) is 0 Å². The van der Waals surface area contributed by atoms with Crippen LogP contribution in [0, 0.1) is 0 Å². The van der Waals surface area contributed by atoms with Crippen molar-refractivity contribution in [2.45, 2.75) is 6.42 Å². The number of rotatable bonds is 6. The van der Waals surface area contributed by atoms with E-state index in [1.165, 1.54) is 7.11 Å². The summed E-state index contributed by atoms with van der Waals surface area (Å²) in [7, 11) is 1.54. The second kappa shape index (κ2) is 7.14. The maximum absolute atomic E-state index is 8.67. The molecule has 3 N–H and O–H groups in total. The Hall–Kier alpha value is -2.76. The van der Waals surface area contributed by atoms with Gasteiger partial charge in [0.05, 0.1) is 13.7 Å². The zero-order valence-electron chi connectivity index (χ0n) is 11.7. The third kappa shape index (κ3) is 3.85. The molecule has 0 atom stereocenters. The van der Waals surface area contributed by atoms with Crippen LogP contribution in [-0.4, -0.2) is 29.7 Å². The van der Waals surface area contributed by atoms with Crippen molar-refractivity contribution in [3.63, 3.8) is 0 Å². The summed E-state index contributed by atoms with van der Waals surface area (Å²) >= 11 is 0. The van der Waals surface area contributed by atoms with E-state index in [1.54, 1.807) is 24.4 Å². The molecule has 21 heavy (non-hydrogen) atoms. The number of aromatic nitrogens is 1. The second-order valence-electron chi connectivity index (χ2n) is 4.27. The molecule has 110 valence electrons. The summed E-state index contributed by atoms with van der Waals surface area (Å²) in [6.07, 6.45) is 2.45. The summed E-state index contributed by atoms with van der Waals surface area (Å²) in [5.74, 6) is 1.15. The van der Waals surface area contributed by atoms with Crippen LogP contribution in [0.1, 0.15) is 11.3 Å². The van der Waals surface area contributed by atoms with Crippen LogP contribution in [0.15, 0.2) is 47.8 Å². The molecule has 0 radical (unpaired) electrons. The molecule has 1 aromatic carbocycles. The van der Waals surface area contributed by atoms with Crippen LogP contribution in [-0.2, 0) is 6.42 Å². The SMILES string of the molecule is COc1cc(/C(N)=N/O)ccc1OCCc1ccccn1. The minimum atomic E-state index is 0.0216. The normalized spacial score (nSPS) is 11.2. The van der Waals surface area contributed by atoms with E-state index in [-0.39, 0.29) is 5.84 Å². The number of nitrogens with two attached hydrogens (primary N) is 1. The Morgan fingerprint density at radius 2 is 2.14 bits per heavy atom. The summed E-state index contributed by atoms with van der Waals surface area (Å²) in [4.78, 5) is 4.23. The highest BCUT2D eigenvalue weighted by Crippen LogP contribution is 2.28. The minimum absolute atomic E-state index is 0.0216. The smallest absolute Gasteiger partial charge is 0.170 e. The molecule has 0 aliphatic heterocycles. The largest absolute Gasteiger partial charge is 0.493 e. The van der Waals surface area contributed by atoms with Crippen molar-refractivity contribution in [1.82, 2.24) is 4.98 Å². The first-order chi connectivity index (χ1) is 10.2. The molecule has 2 aromatic rings. The summed E-state index contributed by atoms with van der Waals surface area (Å²) in [5.41, 5.74) is 7.06. The van der Waals surface area contributed by atoms with Gasteiger partial charge in [-0.05, 0) is 30.3 Å². The van der Waals surface area contributed by atoms with Crippen LogP contribution in [0.4, 0.5) is 0 Å². The first kappa shape index (κ1) is 14.6. The van der Waals surface area contributed by atoms with Crippen LogP contribution in [0.2, 0.25) is 0 Å². The molecule has 0 unspecified atom stereocenters. The van der Waals surface area contributed by atoms with E-state index in [0.717, 1.165) is 5.69 Å². The van der Waals surface area contributed by atoms with Gasteiger partial charge in [-0.25, -0.2) is 0 Å². The lowest BCUT2D eigenvalue weighted by molar-refractivity contribution is 0.296. The highest BCUT2D eigenvalue weighted by Gasteiger charge is 2.08. The Morgan fingerprint density at radius 1 is 1.29 bits per heavy atom. The fraction of sp³-hybridized carbons (Fsp3) is 0.200. The third-order valence-corrected chi connectivity index (χ3v) is 2.91. The van der Waals surface area contributed by atoms with Crippen LogP contribution < -0.4 is 15.2 Å². The van der Waals surface area contributed by atoms with Crippen molar-refractivity contribution < 1.29 is 14.7 Å². The molecule has 6 heteroatoms. The van der Waals surface area contributed by atoms with Crippen molar-refractivity contribution >= 4 is 5.84 Å². The molecule has 6 nitrogen and oxygen atoms in total. The number of hydrogen-bond acceptors (Lipinski definition) is 5. The fourth-order valence-corrected chi connectivity index (χ4v) is 1.82. The van der Waals surface area contributed by atoms with Crippen LogP contribution in [0.25, 0.3) is 0 Å². The molecule has 0 saturated heterocycles. The lowest BCUT2D eigenvalue weighted by atomic mass is 10.2. The van der Waals surface area contributed by atoms with Crippen molar-refractivity contribution in [1.29, 1.82) is 0 Å². The summed E-state index contributed by atoms with van der Waals surface area (Å²) in [6, 6.07) is 10.8. The number of amidine groups is 1. The molecule has 0 amide bonds. The molecule has 0 aliphatic rings. The molecule has 0 saturated carbocycles. The van der Waals surface area contributed by atoms with Gasteiger partial charge in [-0.15, -0.1) is 0 Å². The molecule has 2 rings (SSSR count). The maximum Gasteiger partial charge on any atom is 0.170 e. The second-order valence-corrected chi connectivity index (χ2v) is 4.27. The highest BCUT2D eigenvalue weighted by atomic mass is 16.5. The van der Waals surface area contributed by atoms with Gasteiger partial charge < -0.3 is 20.4 Å². The number of pyridine rings is 1. The van der Waals surface area contributed by atoms with Gasteiger partial charge in [0.2, 0.25) is 0 Å². The minimum Gasteiger partial charge on any atom is -0.493 e. The highest BCUT2D eigenvalue weighted by molar-refractivity contribution is 5.97. The zero-order valence-corrected chi connectivity index (χ0v) is 11.7. The molecule has 0 bridgehead atoms. The van der Waals surface area contributed by atoms with Crippen LogP contribution >= 0.6 is 0 Å². The van der Waals surface area contributed by atoms with Crippen molar-refractivity contribution in [2.24, 2.45) is 10.9 Å². The van der Waals surface area contributed by atoms with E-state index in [1.807, 2.05) is 18.2 Å². The van der Waals surface area contributed by atoms with Gasteiger partial charge in [-0.2, -0.15) is 0 Å². The number of nitrogens with zero attached hydrogens (tertiary/aromatic N) is 2. The van der Waals surface area contributed by atoms with Crippen molar-refractivity contribution in [3.05, 3.63) is 53.9 Å². The van der Waals surface area contributed by atoms with Crippen molar-refractivity contribution in [3.8, 4) is 11.5 Å². The number of benzene rings is 1. The fourth-order valence-electron chi connectivity index (χ4n) is 1.82. The Balaban J connectivity index is 2.03. The zero-order chi connectivity index (χ0) is 15.1. The lowest BCUT2D eigenvalue weighted by Crippen LogP contribution is -2.13. The number of ether oxygens (including phenoxy) is 2. The lowest BCUT2D eigenvalue weighted by Gasteiger charge is -2.11. The Morgan fingerprint density at radius 3 is 2.81 bits per heavy atom. The van der Waals surface area contributed by atoms with E-state index in [2.05, 4.69) is 10.1 Å². The average molecular weight is 287 g/mol. The first-order valence-corrected chi connectivity index (χ1v) is 6.43. The molecule has 1 heterocycles. The van der Waals surface area contributed by atoms with Gasteiger partial charge >= 0.3 is 0 Å². The predicted molar refractivity (Wildman–Crippen MR) is 78.9 cm³/mol. The van der Waals surface area contributed by atoms with Crippen LogP contribution in [0.5, 0.6) is 11.5 Å². The number of methoxy groups -OCH3 is 1. The van der Waals surface area contributed by atoms with Gasteiger partial charge in [0.25, 0.3) is 0 Å². The standard InChI is InChI=1S/C15H17N3O3/c1-20-14-10-11(15(16)18-19)5-6-13(14)21-9-7-12-4-2-3-8-17-12/h2-6,8,10,19H,7,9H2,1H3,(H2,16,18). The van der Waals surface area contributed by atoms with Crippen LogP contribution in [0.3, 0.4) is 0 Å². The van der Waals surface area contributed by atoms with Gasteiger partial charge in [0.15, 0.2) is 17.3 Å².